The van der Waals surface area contributed by atoms with Crippen molar-refractivity contribution in [2.75, 3.05) is 6.54 Å². The molecule has 0 radical (unpaired) electrons. The Balaban J connectivity index is 2.45. The average Bonchev–Trinajstić information content (AvgIpc) is 1.88. The summed E-state index contributed by atoms with van der Waals surface area (Å²) in [4.78, 5) is 0. The maximum Gasteiger partial charge on any atom is 0.0378 e. The molecule has 1 aliphatic carbocycles. The van der Waals surface area contributed by atoms with E-state index < -0.39 is 0 Å². The molecule has 1 fully saturated rings. The molecule has 0 saturated heterocycles. The SMILES string of the molecule is CC1CCCC(Cl)C1CN. The Morgan fingerprint density at radius 1 is 1.50 bits per heavy atom. The quantitative estimate of drug-likeness (QED) is 0.585. The number of nitrogens with two attached hydrogens (primary N) is 1. The fraction of sp³-hybridized carbons (Fsp3) is 1.00. The first kappa shape index (κ1) is 8.35. The van der Waals surface area contributed by atoms with Crippen molar-refractivity contribution < 1.29 is 0 Å². The summed E-state index contributed by atoms with van der Waals surface area (Å²) in [6.45, 7) is 3.02. The Kier molecular flexibility index (Phi) is 2.99. The van der Waals surface area contributed by atoms with Gasteiger partial charge in [0.05, 0.1) is 0 Å². The van der Waals surface area contributed by atoms with Gasteiger partial charge in [0.1, 0.15) is 0 Å². The van der Waals surface area contributed by atoms with Crippen molar-refractivity contribution in [1.82, 2.24) is 0 Å². The Labute approximate surface area is 67.9 Å². The smallest absolute Gasteiger partial charge is 0.0378 e. The number of hydrogen-bond donors (Lipinski definition) is 1. The highest BCUT2D eigenvalue weighted by Crippen LogP contribution is 2.32. The van der Waals surface area contributed by atoms with Gasteiger partial charge in [0, 0.05) is 5.38 Å². The van der Waals surface area contributed by atoms with Crippen molar-refractivity contribution in [3.05, 3.63) is 0 Å². The molecule has 0 aromatic heterocycles. The van der Waals surface area contributed by atoms with E-state index in [1.165, 1.54) is 12.8 Å². The lowest BCUT2D eigenvalue weighted by Gasteiger charge is -2.31. The molecule has 0 aliphatic heterocycles. The van der Waals surface area contributed by atoms with E-state index in [1.54, 1.807) is 0 Å². The van der Waals surface area contributed by atoms with Crippen LogP contribution in [0.3, 0.4) is 0 Å². The van der Waals surface area contributed by atoms with Crippen LogP contribution in [0, 0.1) is 11.8 Å². The van der Waals surface area contributed by atoms with Gasteiger partial charge in [0.15, 0.2) is 0 Å². The molecule has 60 valence electrons. The summed E-state index contributed by atoms with van der Waals surface area (Å²) >= 11 is 6.10. The van der Waals surface area contributed by atoms with Crippen LogP contribution in [-0.2, 0) is 0 Å². The van der Waals surface area contributed by atoms with Gasteiger partial charge in [-0.15, -0.1) is 11.6 Å². The van der Waals surface area contributed by atoms with E-state index in [-0.39, 0.29) is 0 Å². The van der Waals surface area contributed by atoms with Gasteiger partial charge in [-0.3, -0.25) is 0 Å². The molecule has 1 nitrogen and oxygen atoms in total. The second-order valence-electron chi connectivity index (χ2n) is 3.32. The molecule has 0 spiro atoms. The minimum Gasteiger partial charge on any atom is -0.330 e. The number of alkyl halides is 1. The molecule has 0 amide bonds. The van der Waals surface area contributed by atoms with E-state index in [0.29, 0.717) is 11.3 Å². The maximum atomic E-state index is 6.10. The molecule has 0 aromatic carbocycles. The van der Waals surface area contributed by atoms with Crippen LogP contribution < -0.4 is 5.73 Å². The summed E-state index contributed by atoms with van der Waals surface area (Å²) in [6.07, 6.45) is 3.75. The van der Waals surface area contributed by atoms with Crippen molar-refractivity contribution >= 4 is 11.6 Å². The van der Waals surface area contributed by atoms with Crippen LogP contribution in [0.1, 0.15) is 26.2 Å². The van der Waals surface area contributed by atoms with Gasteiger partial charge in [-0.1, -0.05) is 19.8 Å². The molecule has 1 rings (SSSR count). The van der Waals surface area contributed by atoms with Crippen LogP contribution in [-0.4, -0.2) is 11.9 Å². The molecule has 2 heteroatoms. The van der Waals surface area contributed by atoms with Gasteiger partial charge in [-0.25, -0.2) is 0 Å². The van der Waals surface area contributed by atoms with Crippen molar-refractivity contribution in [2.24, 2.45) is 17.6 Å². The van der Waals surface area contributed by atoms with Gasteiger partial charge in [0.25, 0.3) is 0 Å². The molecular formula is C8H16ClN. The van der Waals surface area contributed by atoms with E-state index in [2.05, 4.69) is 6.92 Å². The van der Waals surface area contributed by atoms with Crippen molar-refractivity contribution in [3.8, 4) is 0 Å². The largest absolute Gasteiger partial charge is 0.330 e. The first-order valence-electron chi connectivity index (χ1n) is 4.10. The monoisotopic (exact) mass is 161 g/mol. The predicted molar refractivity (Wildman–Crippen MR) is 45.2 cm³/mol. The second kappa shape index (κ2) is 3.59. The molecule has 0 aromatic rings. The van der Waals surface area contributed by atoms with Crippen LogP contribution in [0.2, 0.25) is 0 Å². The lowest BCUT2D eigenvalue weighted by molar-refractivity contribution is 0.269. The van der Waals surface area contributed by atoms with E-state index in [1.807, 2.05) is 0 Å². The van der Waals surface area contributed by atoms with Crippen molar-refractivity contribution in [1.29, 1.82) is 0 Å². The van der Waals surface area contributed by atoms with E-state index >= 15 is 0 Å². The molecule has 2 N–H and O–H groups in total. The normalized spacial score (nSPS) is 41.7. The Bertz CT molecular complexity index is 95.4. The molecular weight excluding hydrogens is 146 g/mol. The highest BCUT2D eigenvalue weighted by molar-refractivity contribution is 6.20. The zero-order chi connectivity index (χ0) is 7.56. The summed E-state index contributed by atoms with van der Waals surface area (Å²) in [6, 6.07) is 0. The topological polar surface area (TPSA) is 26.0 Å². The minimum atomic E-state index is 0.341. The lowest BCUT2D eigenvalue weighted by Crippen LogP contribution is -2.33. The van der Waals surface area contributed by atoms with E-state index in [0.717, 1.165) is 18.9 Å². The van der Waals surface area contributed by atoms with Crippen molar-refractivity contribution in [2.45, 2.75) is 31.6 Å². The number of hydrogen-bond acceptors (Lipinski definition) is 1. The van der Waals surface area contributed by atoms with Gasteiger partial charge < -0.3 is 5.73 Å². The Hall–Kier alpha value is 0.250. The van der Waals surface area contributed by atoms with Crippen LogP contribution in [0.5, 0.6) is 0 Å². The first-order chi connectivity index (χ1) is 4.75. The molecule has 3 unspecified atom stereocenters. The molecule has 3 atom stereocenters. The fourth-order valence-electron chi connectivity index (χ4n) is 1.80. The van der Waals surface area contributed by atoms with Gasteiger partial charge in [-0.05, 0) is 24.8 Å². The summed E-state index contributed by atoms with van der Waals surface area (Å²) in [5, 5.41) is 0.341. The minimum absolute atomic E-state index is 0.341. The van der Waals surface area contributed by atoms with Crippen LogP contribution >= 0.6 is 11.6 Å². The molecule has 1 saturated carbocycles. The zero-order valence-electron chi connectivity index (χ0n) is 6.52. The van der Waals surface area contributed by atoms with E-state index in [4.69, 9.17) is 17.3 Å². The summed E-state index contributed by atoms with van der Waals surface area (Å²) in [5.74, 6) is 1.30. The maximum absolute atomic E-state index is 6.10. The van der Waals surface area contributed by atoms with Gasteiger partial charge >= 0.3 is 0 Å². The average molecular weight is 162 g/mol. The highest BCUT2D eigenvalue weighted by atomic mass is 35.5. The third kappa shape index (κ3) is 1.64. The first-order valence-corrected chi connectivity index (χ1v) is 4.53. The molecule has 10 heavy (non-hydrogen) atoms. The highest BCUT2D eigenvalue weighted by Gasteiger charge is 2.27. The summed E-state index contributed by atoms with van der Waals surface area (Å²) < 4.78 is 0. The molecule has 0 bridgehead atoms. The molecule has 0 heterocycles. The molecule has 1 aliphatic rings. The summed E-state index contributed by atoms with van der Waals surface area (Å²) in [7, 11) is 0. The third-order valence-electron chi connectivity index (χ3n) is 2.61. The summed E-state index contributed by atoms with van der Waals surface area (Å²) in [5.41, 5.74) is 5.60. The van der Waals surface area contributed by atoms with E-state index in [9.17, 15) is 0 Å². The van der Waals surface area contributed by atoms with Crippen LogP contribution in [0.25, 0.3) is 0 Å². The number of halogens is 1. The van der Waals surface area contributed by atoms with Gasteiger partial charge in [-0.2, -0.15) is 0 Å². The van der Waals surface area contributed by atoms with Crippen molar-refractivity contribution in [3.63, 3.8) is 0 Å². The Morgan fingerprint density at radius 2 is 2.20 bits per heavy atom. The fourth-order valence-corrected chi connectivity index (χ4v) is 2.30. The third-order valence-corrected chi connectivity index (χ3v) is 3.15. The Morgan fingerprint density at radius 3 is 2.60 bits per heavy atom. The number of rotatable bonds is 1. The second-order valence-corrected chi connectivity index (χ2v) is 3.88. The standard InChI is InChI=1S/C8H16ClN/c1-6-3-2-4-8(9)7(6)5-10/h6-8H,2-5,10H2,1H3. The lowest BCUT2D eigenvalue weighted by atomic mass is 9.80. The van der Waals surface area contributed by atoms with Crippen LogP contribution in [0.15, 0.2) is 0 Å². The van der Waals surface area contributed by atoms with Gasteiger partial charge in [0.2, 0.25) is 0 Å². The predicted octanol–water partition coefficient (Wildman–Crippen LogP) is 1.99. The van der Waals surface area contributed by atoms with Crippen LogP contribution in [0.4, 0.5) is 0 Å². The zero-order valence-corrected chi connectivity index (χ0v) is 7.27.